The highest BCUT2D eigenvalue weighted by Crippen LogP contribution is 2.62. The van der Waals surface area contributed by atoms with E-state index in [1.54, 1.807) is 0 Å². The minimum Gasteiger partial charge on any atom is -0.436 e. The first-order chi connectivity index (χ1) is 28.5. The summed E-state index contributed by atoms with van der Waals surface area (Å²) < 4.78 is 12.5. The third-order valence-corrected chi connectivity index (χ3v) is 12.6. The lowest BCUT2D eigenvalue weighted by atomic mass is 9.55. The Bertz CT molecular complexity index is 3070. The second kappa shape index (κ2) is 12.1. The molecule has 2 aliphatic carbocycles. The van der Waals surface area contributed by atoms with Crippen LogP contribution in [0.5, 0.6) is 0 Å². The van der Waals surface area contributed by atoms with Crippen molar-refractivity contribution in [2.45, 2.75) is 24.7 Å². The minimum absolute atomic E-state index is 0.137. The molecule has 4 heteroatoms. The van der Waals surface area contributed by atoms with E-state index >= 15 is 0 Å². The molecule has 2 aliphatic rings. The highest BCUT2D eigenvalue weighted by atomic mass is 16.4. The lowest BCUT2D eigenvalue weighted by Gasteiger charge is -2.46. The van der Waals surface area contributed by atoms with Crippen molar-refractivity contribution in [3.63, 3.8) is 0 Å². The number of oxazole rings is 2. The van der Waals surface area contributed by atoms with E-state index in [1.807, 2.05) is 54.6 Å². The van der Waals surface area contributed by atoms with Gasteiger partial charge in [0.05, 0.1) is 5.41 Å². The van der Waals surface area contributed by atoms with E-state index in [2.05, 4.69) is 141 Å². The number of fused-ring (bicyclic) bond motifs is 11. The SMILES string of the molecule is CC1(C)c2ccccc2C2(c3ccccc3-c3ccc(-c4ccc(-c5cc(-c6nc7ccccc7o6)cc(-c6nc7ccccc7o6)c5)cc4)cc32)c2ccccc21. The first-order valence-electron chi connectivity index (χ1n) is 19.9. The second-order valence-corrected chi connectivity index (χ2v) is 16.1. The Kier molecular flexibility index (Phi) is 6.86. The predicted octanol–water partition coefficient (Wildman–Crippen LogP) is 13.6. The average molecular weight is 745 g/mol. The molecule has 0 radical (unpaired) electrons. The van der Waals surface area contributed by atoms with Crippen LogP contribution in [0.2, 0.25) is 0 Å². The van der Waals surface area contributed by atoms with E-state index in [0.717, 1.165) is 50.0 Å². The fourth-order valence-electron chi connectivity index (χ4n) is 9.93. The fraction of sp³-hybridized carbons (Fsp3) is 0.0741. The standard InChI is InChI=1S/C54H36N2O2/c1-53(2)42-15-5-7-17-44(42)54(45-18-8-6-16-43(45)53)41-14-4-3-13-39(41)40-28-27-35(32-46(40)54)33-23-25-34(26-24-33)36-29-37(51-55-47-19-9-11-21-49(47)57-51)31-38(30-36)52-56-48-20-10-12-22-50(48)58-52/h3-32H,1-2H3. The minimum atomic E-state index is -0.434. The number of aromatic nitrogens is 2. The lowest BCUT2D eigenvalue weighted by molar-refractivity contribution is 0.563. The number of nitrogens with zero attached hydrogens (tertiary/aromatic N) is 2. The van der Waals surface area contributed by atoms with Crippen molar-refractivity contribution in [2.75, 3.05) is 0 Å². The Hall–Kier alpha value is -7.30. The van der Waals surface area contributed by atoms with E-state index in [1.165, 1.54) is 50.1 Å². The van der Waals surface area contributed by atoms with Gasteiger partial charge < -0.3 is 8.83 Å². The van der Waals surface area contributed by atoms with E-state index in [9.17, 15) is 0 Å². The highest BCUT2D eigenvalue weighted by Gasteiger charge is 2.53. The van der Waals surface area contributed by atoms with Crippen LogP contribution in [0.1, 0.15) is 47.2 Å². The second-order valence-electron chi connectivity index (χ2n) is 16.1. The summed E-state index contributed by atoms with van der Waals surface area (Å²) in [6.07, 6.45) is 0. The monoisotopic (exact) mass is 744 g/mol. The summed E-state index contributed by atoms with van der Waals surface area (Å²) in [7, 11) is 0. The maximum Gasteiger partial charge on any atom is 0.227 e. The molecule has 0 bridgehead atoms. The van der Waals surface area contributed by atoms with Gasteiger partial charge >= 0.3 is 0 Å². The van der Waals surface area contributed by atoms with Crippen LogP contribution < -0.4 is 0 Å². The molecule has 2 heterocycles. The Morgan fingerprint density at radius 2 is 0.776 bits per heavy atom. The molecule has 0 amide bonds. The van der Waals surface area contributed by atoms with E-state index in [4.69, 9.17) is 18.8 Å². The topological polar surface area (TPSA) is 52.1 Å². The Morgan fingerprint density at radius 3 is 1.34 bits per heavy atom. The van der Waals surface area contributed by atoms with Gasteiger partial charge in [0, 0.05) is 16.5 Å². The Balaban J connectivity index is 0.999. The van der Waals surface area contributed by atoms with E-state index < -0.39 is 5.41 Å². The largest absolute Gasteiger partial charge is 0.436 e. The molecule has 0 atom stereocenters. The van der Waals surface area contributed by atoms with Crippen molar-refractivity contribution in [1.82, 2.24) is 9.97 Å². The number of hydrogen-bond acceptors (Lipinski definition) is 4. The summed E-state index contributed by atoms with van der Waals surface area (Å²) in [4.78, 5) is 9.69. The zero-order chi connectivity index (χ0) is 38.6. The first-order valence-corrected chi connectivity index (χ1v) is 19.9. The van der Waals surface area contributed by atoms with Crippen molar-refractivity contribution in [3.8, 4) is 56.3 Å². The van der Waals surface area contributed by atoms with E-state index in [-0.39, 0.29) is 5.41 Å². The highest BCUT2D eigenvalue weighted by molar-refractivity contribution is 5.91. The Labute approximate surface area is 336 Å². The molecular formula is C54H36N2O2. The van der Waals surface area contributed by atoms with Gasteiger partial charge in [-0.2, -0.15) is 0 Å². The Morgan fingerprint density at radius 1 is 0.345 bits per heavy atom. The van der Waals surface area contributed by atoms with Crippen LogP contribution in [0.15, 0.2) is 191 Å². The molecule has 4 nitrogen and oxygen atoms in total. The van der Waals surface area contributed by atoms with Crippen molar-refractivity contribution in [3.05, 3.63) is 215 Å². The summed E-state index contributed by atoms with van der Waals surface area (Å²) >= 11 is 0. The molecule has 0 unspecified atom stereocenters. The first kappa shape index (κ1) is 32.9. The molecule has 2 aromatic heterocycles. The van der Waals surface area contributed by atoms with Gasteiger partial charge in [0.2, 0.25) is 11.8 Å². The van der Waals surface area contributed by atoms with Gasteiger partial charge in [-0.3, -0.25) is 0 Å². The van der Waals surface area contributed by atoms with Gasteiger partial charge in [0.25, 0.3) is 0 Å². The molecular weight excluding hydrogens is 709 g/mol. The van der Waals surface area contributed by atoms with Gasteiger partial charge in [-0.15, -0.1) is 0 Å². The van der Waals surface area contributed by atoms with Crippen LogP contribution in [0.4, 0.5) is 0 Å². The third-order valence-electron chi connectivity index (χ3n) is 12.6. The normalized spacial score (nSPS) is 14.3. The average Bonchev–Trinajstić information content (AvgIpc) is 3.99. The zero-order valence-corrected chi connectivity index (χ0v) is 32.0. The molecule has 58 heavy (non-hydrogen) atoms. The summed E-state index contributed by atoms with van der Waals surface area (Å²) in [5.74, 6) is 1.11. The van der Waals surface area contributed by atoms with Crippen molar-refractivity contribution >= 4 is 22.2 Å². The van der Waals surface area contributed by atoms with Gasteiger partial charge in [0.15, 0.2) is 11.2 Å². The molecule has 0 N–H and O–H groups in total. The maximum absolute atomic E-state index is 6.27. The number of hydrogen-bond donors (Lipinski definition) is 0. The molecule has 0 saturated carbocycles. The van der Waals surface area contributed by atoms with Gasteiger partial charge in [-0.05, 0) is 115 Å². The van der Waals surface area contributed by atoms with Crippen molar-refractivity contribution in [2.24, 2.45) is 0 Å². The summed E-state index contributed by atoms with van der Waals surface area (Å²) in [5, 5.41) is 0. The number of rotatable bonds is 4. The van der Waals surface area contributed by atoms with Crippen molar-refractivity contribution < 1.29 is 8.83 Å². The van der Waals surface area contributed by atoms with Gasteiger partial charge in [-0.1, -0.05) is 147 Å². The quantitative estimate of drug-likeness (QED) is 0.180. The van der Waals surface area contributed by atoms with Gasteiger partial charge in [0.1, 0.15) is 11.0 Å². The number of benzene rings is 8. The summed E-state index contributed by atoms with van der Waals surface area (Å²) in [6, 6.07) is 65.3. The van der Waals surface area contributed by atoms with Crippen molar-refractivity contribution in [1.29, 1.82) is 0 Å². The molecule has 0 fully saturated rings. The summed E-state index contributed by atoms with van der Waals surface area (Å²) in [5.41, 5.74) is 19.5. The summed E-state index contributed by atoms with van der Waals surface area (Å²) in [6.45, 7) is 4.74. The molecule has 8 aromatic carbocycles. The smallest absolute Gasteiger partial charge is 0.227 e. The molecule has 0 saturated heterocycles. The van der Waals surface area contributed by atoms with Crippen LogP contribution in [-0.2, 0) is 10.8 Å². The third kappa shape index (κ3) is 4.63. The molecule has 12 rings (SSSR count). The van der Waals surface area contributed by atoms with E-state index in [0.29, 0.717) is 11.8 Å². The fourth-order valence-corrected chi connectivity index (χ4v) is 9.93. The van der Waals surface area contributed by atoms with Crippen LogP contribution in [0.25, 0.3) is 78.5 Å². The molecule has 10 aromatic rings. The van der Waals surface area contributed by atoms with Crippen LogP contribution in [-0.4, -0.2) is 9.97 Å². The molecule has 1 spiro atoms. The van der Waals surface area contributed by atoms with Crippen LogP contribution in [0.3, 0.4) is 0 Å². The maximum atomic E-state index is 6.27. The number of para-hydroxylation sites is 4. The lowest BCUT2D eigenvalue weighted by Crippen LogP contribution is -2.40. The molecule has 274 valence electrons. The van der Waals surface area contributed by atoms with Gasteiger partial charge in [-0.25, -0.2) is 9.97 Å². The zero-order valence-electron chi connectivity index (χ0n) is 32.0. The van der Waals surface area contributed by atoms with Crippen LogP contribution in [0, 0.1) is 0 Å². The molecule has 0 aliphatic heterocycles. The van der Waals surface area contributed by atoms with Crippen LogP contribution >= 0.6 is 0 Å². The predicted molar refractivity (Wildman–Crippen MR) is 233 cm³/mol.